The predicted molar refractivity (Wildman–Crippen MR) is 78.4 cm³/mol. The smallest absolute Gasteiger partial charge is 0.0315 e. The van der Waals surface area contributed by atoms with Gasteiger partial charge in [0.1, 0.15) is 0 Å². The van der Waals surface area contributed by atoms with Crippen LogP contribution in [0.3, 0.4) is 0 Å². The monoisotopic (exact) mass is 240 g/mol. The minimum absolute atomic E-state index is 0.568. The Hall–Kier alpha value is -1.34. The Morgan fingerprint density at radius 2 is 1.18 bits per heavy atom. The second-order valence-electron chi connectivity index (χ2n) is 5.00. The number of rotatable bonds is 4. The average Bonchev–Trinajstić information content (AvgIpc) is 2.38. The Morgan fingerprint density at radius 3 is 1.53 bits per heavy atom. The molecule has 0 unspecified atom stereocenters. The van der Waals surface area contributed by atoms with Gasteiger partial charge in [-0.25, -0.2) is 0 Å². The van der Waals surface area contributed by atoms with Gasteiger partial charge in [0.15, 0.2) is 0 Å². The van der Waals surface area contributed by atoms with Crippen LogP contribution in [0.25, 0.3) is 0 Å². The highest BCUT2D eigenvalue weighted by Crippen LogP contribution is 2.29. The molecule has 0 saturated carbocycles. The van der Waals surface area contributed by atoms with Gasteiger partial charge in [0.05, 0.1) is 0 Å². The lowest BCUT2D eigenvalue weighted by molar-refractivity contribution is 0.907. The molecule has 0 aliphatic heterocycles. The number of benzene rings is 2. The maximum absolute atomic E-state index is 2.43. The molecule has 0 N–H and O–H groups in total. The first-order valence-corrected chi connectivity index (χ1v) is 9.50. The fourth-order valence-electron chi connectivity index (χ4n) is 2.31. The third kappa shape index (κ3) is 3.30. The molecule has 0 bridgehead atoms. The highest BCUT2D eigenvalue weighted by atomic mass is 28.3. The van der Waals surface area contributed by atoms with Crippen molar-refractivity contribution < 1.29 is 0 Å². The molecule has 0 nitrogen and oxygen atoms in total. The summed E-state index contributed by atoms with van der Waals surface area (Å²) in [5.74, 6) is 0.587. The van der Waals surface area contributed by atoms with E-state index in [0.29, 0.717) is 5.92 Å². The molecular formula is C16H20Si. The third-order valence-corrected chi connectivity index (χ3v) is 4.53. The molecule has 17 heavy (non-hydrogen) atoms. The zero-order valence-corrected chi connectivity index (χ0v) is 11.8. The normalized spacial score (nSPS) is 11.1. The molecule has 0 aromatic heterocycles. The van der Waals surface area contributed by atoms with Crippen LogP contribution in [0.15, 0.2) is 60.7 Å². The van der Waals surface area contributed by atoms with E-state index in [-0.39, 0.29) is 0 Å². The van der Waals surface area contributed by atoms with E-state index in [0.717, 1.165) is 0 Å². The van der Waals surface area contributed by atoms with E-state index in [2.05, 4.69) is 73.8 Å². The van der Waals surface area contributed by atoms with Gasteiger partial charge in [-0.15, -0.1) is 0 Å². The van der Waals surface area contributed by atoms with Crippen LogP contribution in [0.5, 0.6) is 0 Å². The van der Waals surface area contributed by atoms with Crippen LogP contribution in [0.1, 0.15) is 17.0 Å². The summed E-state index contributed by atoms with van der Waals surface area (Å²) in [5, 5.41) is 0. The van der Waals surface area contributed by atoms with Crippen LogP contribution in [-0.4, -0.2) is 8.80 Å². The summed E-state index contributed by atoms with van der Waals surface area (Å²) >= 11 is 0. The minimum atomic E-state index is -0.568. The molecular weight excluding hydrogens is 220 g/mol. The van der Waals surface area contributed by atoms with Crippen molar-refractivity contribution in [3.05, 3.63) is 71.8 Å². The first-order chi connectivity index (χ1) is 8.27. The molecule has 2 aromatic rings. The van der Waals surface area contributed by atoms with E-state index in [4.69, 9.17) is 0 Å². The summed E-state index contributed by atoms with van der Waals surface area (Å²) in [5.41, 5.74) is 2.92. The van der Waals surface area contributed by atoms with Crippen LogP contribution in [0.2, 0.25) is 19.1 Å². The third-order valence-electron chi connectivity index (χ3n) is 3.11. The highest BCUT2D eigenvalue weighted by molar-refractivity contribution is 6.55. The lowest BCUT2D eigenvalue weighted by atomic mass is 9.93. The fourth-order valence-corrected chi connectivity index (χ4v) is 3.79. The van der Waals surface area contributed by atoms with Crippen molar-refractivity contribution in [2.75, 3.05) is 0 Å². The molecule has 1 heteroatoms. The molecule has 0 aliphatic rings. The molecule has 0 spiro atoms. The molecule has 0 saturated heterocycles. The number of hydrogen-bond donors (Lipinski definition) is 0. The van der Waals surface area contributed by atoms with E-state index in [1.165, 1.54) is 17.2 Å². The Morgan fingerprint density at radius 1 is 0.765 bits per heavy atom. The van der Waals surface area contributed by atoms with Gasteiger partial charge in [-0.3, -0.25) is 0 Å². The quantitative estimate of drug-likeness (QED) is 0.699. The summed E-state index contributed by atoms with van der Waals surface area (Å²) < 4.78 is 0. The molecule has 0 aliphatic carbocycles. The van der Waals surface area contributed by atoms with Crippen molar-refractivity contribution in [3.8, 4) is 0 Å². The van der Waals surface area contributed by atoms with Gasteiger partial charge in [0, 0.05) is 14.7 Å². The molecule has 0 atom stereocenters. The molecule has 88 valence electrons. The summed E-state index contributed by atoms with van der Waals surface area (Å²) in [4.78, 5) is 0. The summed E-state index contributed by atoms with van der Waals surface area (Å²) in [6.07, 6.45) is 0. The second kappa shape index (κ2) is 5.83. The molecule has 0 fully saturated rings. The maximum Gasteiger partial charge on any atom is 0.0315 e. The Kier molecular flexibility index (Phi) is 4.16. The zero-order chi connectivity index (χ0) is 12.1. The molecule has 0 heterocycles. The summed E-state index contributed by atoms with van der Waals surface area (Å²) in [7, 11) is -0.568. The first kappa shape index (κ1) is 12.1. The average molecular weight is 240 g/mol. The van der Waals surface area contributed by atoms with E-state index < -0.39 is 8.80 Å². The largest absolute Gasteiger partial charge is 0.0722 e. The van der Waals surface area contributed by atoms with Crippen molar-refractivity contribution in [1.82, 2.24) is 0 Å². The van der Waals surface area contributed by atoms with Gasteiger partial charge in [-0.1, -0.05) is 73.8 Å². The van der Waals surface area contributed by atoms with E-state index in [1.807, 2.05) is 0 Å². The van der Waals surface area contributed by atoms with Gasteiger partial charge in [-0.05, 0) is 17.2 Å². The standard InChI is InChI=1S/C16H20Si/c1-17(2)13-16(14-9-5-3-6-10-14)15-11-7-4-8-12-15/h3-12,16-17H,13H2,1-2H3. The zero-order valence-electron chi connectivity index (χ0n) is 10.6. The molecule has 2 rings (SSSR count). The summed E-state index contributed by atoms with van der Waals surface area (Å²) in [6, 6.07) is 23.1. The predicted octanol–water partition coefficient (Wildman–Crippen LogP) is 4.31. The van der Waals surface area contributed by atoms with Crippen LogP contribution in [0, 0.1) is 0 Å². The van der Waals surface area contributed by atoms with Crippen molar-refractivity contribution in [3.63, 3.8) is 0 Å². The second-order valence-corrected chi connectivity index (χ2v) is 8.26. The Labute approximate surface area is 106 Å². The van der Waals surface area contributed by atoms with Crippen molar-refractivity contribution >= 4 is 8.80 Å². The Balaban J connectivity index is 2.32. The molecule has 0 amide bonds. The van der Waals surface area contributed by atoms with Crippen LogP contribution < -0.4 is 0 Å². The summed E-state index contributed by atoms with van der Waals surface area (Å²) in [6.45, 7) is 4.86. The van der Waals surface area contributed by atoms with Gasteiger partial charge < -0.3 is 0 Å². The van der Waals surface area contributed by atoms with E-state index in [9.17, 15) is 0 Å². The topological polar surface area (TPSA) is 0 Å². The van der Waals surface area contributed by atoms with Gasteiger partial charge in [0.25, 0.3) is 0 Å². The molecule has 0 radical (unpaired) electrons. The van der Waals surface area contributed by atoms with Crippen LogP contribution in [0.4, 0.5) is 0 Å². The van der Waals surface area contributed by atoms with Crippen molar-refractivity contribution in [1.29, 1.82) is 0 Å². The SMILES string of the molecule is C[SiH](C)CC(c1ccccc1)c1ccccc1. The highest BCUT2D eigenvalue weighted by Gasteiger charge is 2.15. The maximum atomic E-state index is 2.43. The number of hydrogen-bond acceptors (Lipinski definition) is 0. The van der Waals surface area contributed by atoms with E-state index >= 15 is 0 Å². The Bertz CT molecular complexity index is 394. The van der Waals surface area contributed by atoms with Gasteiger partial charge in [-0.2, -0.15) is 0 Å². The lowest BCUT2D eigenvalue weighted by Gasteiger charge is -2.19. The van der Waals surface area contributed by atoms with Crippen molar-refractivity contribution in [2.45, 2.75) is 25.1 Å². The van der Waals surface area contributed by atoms with Crippen LogP contribution in [-0.2, 0) is 0 Å². The van der Waals surface area contributed by atoms with Gasteiger partial charge in [0.2, 0.25) is 0 Å². The minimum Gasteiger partial charge on any atom is -0.0722 e. The first-order valence-electron chi connectivity index (χ1n) is 6.37. The van der Waals surface area contributed by atoms with Crippen LogP contribution >= 0.6 is 0 Å². The van der Waals surface area contributed by atoms with E-state index in [1.54, 1.807) is 0 Å². The molecule has 2 aromatic carbocycles. The van der Waals surface area contributed by atoms with Gasteiger partial charge >= 0.3 is 0 Å². The van der Waals surface area contributed by atoms with Crippen molar-refractivity contribution in [2.24, 2.45) is 0 Å². The lowest BCUT2D eigenvalue weighted by Crippen LogP contribution is -2.09. The fraction of sp³-hybridized carbons (Fsp3) is 0.250.